The van der Waals surface area contributed by atoms with Gasteiger partial charge in [-0.05, 0) is 31.5 Å². The van der Waals surface area contributed by atoms with E-state index in [4.69, 9.17) is 16.3 Å². The molecule has 26 heavy (non-hydrogen) atoms. The lowest BCUT2D eigenvalue weighted by molar-refractivity contribution is -0.123. The largest absolute Gasteiger partial charge is 0.381 e. The van der Waals surface area contributed by atoms with Crippen molar-refractivity contribution in [2.75, 3.05) is 26.8 Å². The van der Waals surface area contributed by atoms with Crippen molar-refractivity contribution in [1.29, 1.82) is 0 Å². The number of nitrogens with zero attached hydrogens (tertiary/aromatic N) is 2. The van der Waals surface area contributed by atoms with Crippen LogP contribution in [0.4, 0.5) is 0 Å². The van der Waals surface area contributed by atoms with Gasteiger partial charge in [-0.25, -0.2) is 0 Å². The van der Waals surface area contributed by atoms with Crippen molar-refractivity contribution in [3.63, 3.8) is 0 Å². The van der Waals surface area contributed by atoms with E-state index in [1.807, 2.05) is 31.4 Å². The molecule has 1 atom stereocenters. The Balaban J connectivity index is 1.77. The van der Waals surface area contributed by atoms with E-state index in [0.717, 1.165) is 29.0 Å². The average molecular weight is 377 g/mol. The number of carbonyl (C=O) groups is 1. The van der Waals surface area contributed by atoms with Crippen LogP contribution in [0.2, 0.25) is 5.02 Å². The van der Waals surface area contributed by atoms with Crippen LogP contribution in [-0.2, 0) is 22.0 Å². The molecule has 1 aromatic carbocycles. The summed E-state index contributed by atoms with van der Waals surface area (Å²) in [6.07, 6.45) is 5.21. The maximum Gasteiger partial charge on any atom is 0.241 e. The van der Waals surface area contributed by atoms with Gasteiger partial charge in [0.25, 0.3) is 0 Å². The zero-order valence-corrected chi connectivity index (χ0v) is 15.9. The van der Waals surface area contributed by atoms with Gasteiger partial charge in [0.2, 0.25) is 5.91 Å². The van der Waals surface area contributed by atoms with Crippen LogP contribution in [0, 0.1) is 0 Å². The number of hydrogen-bond acceptors (Lipinski definition) is 4. The monoisotopic (exact) mass is 376 g/mol. The Kier molecular flexibility index (Phi) is 5.96. The highest BCUT2D eigenvalue weighted by Gasteiger charge is 2.37. The quantitative estimate of drug-likeness (QED) is 0.811. The number of rotatable bonds is 6. The highest BCUT2D eigenvalue weighted by atomic mass is 35.5. The molecule has 2 aromatic rings. The highest BCUT2D eigenvalue weighted by Crippen LogP contribution is 2.38. The Morgan fingerprint density at radius 1 is 1.38 bits per heavy atom. The molecule has 3 rings (SSSR count). The molecule has 0 spiro atoms. The molecule has 1 saturated heterocycles. The fourth-order valence-corrected chi connectivity index (χ4v) is 3.93. The molecule has 1 unspecified atom stereocenters. The van der Waals surface area contributed by atoms with Crippen LogP contribution in [-0.4, -0.2) is 42.5 Å². The summed E-state index contributed by atoms with van der Waals surface area (Å²) >= 11 is 6.47. The van der Waals surface area contributed by atoms with Crippen molar-refractivity contribution in [3.8, 4) is 0 Å². The first kappa shape index (κ1) is 18.9. The number of benzene rings is 1. The maximum atomic E-state index is 12.8. The van der Waals surface area contributed by atoms with Gasteiger partial charge in [-0.1, -0.05) is 29.8 Å². The van der Waals surface area contributed by atoms with E-state index in [1.165, 1.54) is 0 Å². The minimum atomic E-state index is -0.438. The summed E-state index contributed by atoms with van der Waals surface area (Å²) in [4.78, 5) is 12.8. The highest BCUT2D eigenvalue weighted by molar-refractivity contribution is 6.31. The van der Waals surface area contributed by atoms with Crippen LogP contribution in [0.1, 0.15) is 30.0 Å². The molecular formula is C19H25ClN4O2. The van der Waals surface area contributed by atoms with Crippen molar-refractivity contribution in [1.82, 2.24) is 20.4 Å². The van der Waals surface area contributed by atoms with Crippen LogP contribution in [0.5, 0.6) is 0 Å². The SMILES string of the molecule is CNC(C(=O)NCC1(c2ccccc2Cl)CCOCC1)c1cnn(C)c1. The molecule has 0 saturated carbocycles. The lowest BCUT2D eigenvalue weighted by Crippen LogP contribution is -2.47. The molecule has 1 aliphatic rings. The number of amides is 1. The van der Waals surface area contributed by atoms with Crippen LogP contribution in [0.3, 0.4) is 0 Å². The molecule has 2 heterocycles. The van der Waals surface area contributed by atoms with E-state index in [1.54, 1.807) is 17.9 Å². The van der Waals surface area contributed by atoms with Crippen molar-refractivity contribution < 1.29 is 9.53 Å². The third-order valence-corrected chi connectivity index (χ3v) is 5.43. The molecule has 0 aliphatic carbocycles. The van der Waals surface area contributed by atoms with Gasteiger partial charge in [0.1, 0.15) is 6.04 Å². The number of hydrogen-bond donors (Lipinski definition) is 2. The Morgan fingerprint density at radius 3 is 2.73 bits per heavy atom. The van der Waals surface area contributed by atoms with Gasteiger partial charge in [-0.15, -0.1) is 0 Å². The van der Waals surface area contributed by atoms with Gasteiger partial charge in [-0.2, -0.15) is 5.10 Å². The second kappa shape index (κ2) is 8.20. The fraction of sp³-hybridized carbons (Fsp3) is 0.474. The van der Waals surface area contributed by atoms with Crippen LogP contribution >= 0.6 is 11.6 Å². The predicted octanol–water partition coefficient (Wildman–Crippen LogP) is 2.20. The van der Waals surface area contributed by atoms with E-state index < -0.39 is 6.04 Å². The molecule has 0 radical (unpaired) electrons. The minimum absolute atomic E-state index is 0.0709. The zero-order chi connectivity index (χ0) is 18.6. The normalized spacial score (nSPS) is 17.7. The Bertz CT molecular complexity index is 756. The van der Waals surface area contributed by atoms with Gasteiger partial charge in [-0.3, -0.25) is 9.48 Å². The third-order valence-electron chi connectivity index (χ3n) is 5.11. The average Bonchev–Trinajstić information content (AvgIpc) is 3.08. The Labute approximate surface area is 158 Å². The van der Waals surface area contributed by atoms with Crippen LogP contribution in [0.25, 0.3) is 0 Å². The summed E-state index contributed by atoms with van der Waals surface area (Å²) in [6.45, 7) is 1.86. The van der Waals surface area contributed by atoms with Gasteiger partial charge in [0.05, 0.1) is 6.20 Å². The summed E-state index contributed by atoms with van der Waals surface area (Å²) in [5.41, 5.74) is 1.71. The Hall–Kier alpha value is -1.89. The van der Waals surface area contributed by atoms with E-state index >= 15 is 0 Å². The fourth-order valence-electron chi connectivity index (χ4n) is 3.59. The number of carbonyl (C=O) groups excluding carboxylic acids is 1. The van der Waals surface area contributed by atoms with Crippen molar-refractivity contribution >= 4 is 17.5 Å². The minimum Gasteiger partial charge on any atom is -0.381 e. The molecule has 0 bridgehead atoms. The Morgan fingerprint density at radius 2 is 2.12 bits per heavy atom. The van der Waals surface area contributed by atoms with Crippen molar-refractivity contribution in [3.05, 3.63) is 52.8 Å². The smallest absolute Gasteiger partial charge is 0.241 e. The standard InChI is InChI=1S/C19H25ClN4O2/c1-21-17(14-11-23-24(2)12-14)18(25)22-13-19(7-9-26-10-8-19)15-5-3-4-6-16(15)20/h3-6,11-12,17,21H,7-10,13H2,1-2H3,(H,22,25). The molecule has 1 amide bonds. The van der Waals surface area contributed by atoms with Gasteiger partial charge < -0.3 is 15.4 Å². The molecule has 1 aromatic heterocycles. The summed E-state index contributed by atoms with van der Waals surface area (Å²) in [5, 5.41) is 11.1. The number of nitrogens with one attached hydrogen (secondary N) is 2. The number of aryl methyl sites for hydroxylation is 1. The van der Waals surface area contributed by atoms with E-state index in [9.17, 15) is 4.79 Å². The van der Waals surface area contributed by atoms with E-state index in [-0.39, 0.29) is 11.3 Å². The number of likely N-dealkylation sites (N-methyl/N-ethyl adjacent to an activating group) is 1. The second-order valence-corrected chi connectivity index (χ2v) is 7.17. The number of aromatic nitrogens is 2. The van der Waals surface area contributed by atoms with Gasteiger partial charge in [0.15, 0.2) is 0 Å². The molecular weight excluding hydrogens is 352 g/mol. The molecule has 6 nitrogen and oxygen atoms in total. The van der Waals surface area contributed by atoms with Crippen LogP contribution < -0.4 is 10.6 Å². The summed E-state index contributed by atoms with van der Waals surface area (Å²) in [5.74, 6) is -0.0709. The van der Waals surface area contributed by atoms with E-state index in [0.29, 0.717) is 19.8 Å². The summed E-state index contributed by atoms with van der Waals surface area (Å²) in [7, 11) is 3.61. The topological polar surface area (TPSA) is 68.2 Å². The molecule has 1 fully saturated rings. The first-order chi connectivity index (χ1) is 12.6. The van der Waals surface area contributed by atoms with E-state index in [2.05, 4.69) is 21.8 Å². The summed E-state index contributed by atoms with van der Waals surface area (Å²) < 4.78 is 7.25. The lowest BCUT2D eigenvalue weighted by Gasteiger charge is -2.38. The predicted molar refractivity (Wildman–Crippen MR) is 101 cm³/mol. The lowest BCUT2D eigenvalue weighted by atomic mass is 9.74. The molecule has 2 N–H and O–H groups in total. The second-order valence-electron chi connectivity index (χ2n) is 6.76. The first-order valence-electron chi connectivity index (χ1n) is 8.82. The first-order valence-corrected chi connectivity index (χ1v) is 9.20. The van der Waals surface area contributed by atoms with Crippen molar-refractivity contribution in [2.45, 2.75) is 24.3 Å². The molecule has 1 aliphatic heterocycles. The molecule has 7 heteroatoms. The summed E-state index contributed by atoms with van der Waals surface area (Å²) in [6, 6.07) is 7.44. The van der Waals surface area contributed by atoms with Gasteiger partial charge >= 0.3 is 0 Å². The maximum absolute atomic E-state index is 12.8. The zero-order valence-electron chi connectivity index (χ0n) is 15.2. The molecule has 140 valence electrons. The van der Waals surface area contributed by atoms with Crippen LogP contribution in [0.15, 0.2) is 36.7 Å². The third kappa shape index (κ3) is 3.92. The number of halogens is 1. The van der Waals surface area contributed by atoms with Crippen molar-refractivity contribution in [2.24, 2.45) is 7.05 Å². The van der Waals surface area contributed by atoms with Gasteiger partial charge in [0, 0.05) is 49.0 Å². The number of ether oxygens (including phenoxy) is 1.